The summed E-state index contributed by atoms with van der Waals surface area (Å²) in [6, 6.07) is 13.0. The number of hydrogen-bond donors (Lipinski definition) is 2. The number of ether oxygens (including phenoxy) is 1. The molecule has 2 atom stereocenters. The zero-order valence-corrected chi connectivity index (χ0v) is 18.3. The summed E-state index contributed by atoms with van der Waals surface area (Å²) in [6.07, 6.45) is -4.22. The predicted molar refractivity (Wildman–Crippen MR) is 117 cm³/mol. The van der Waals surface area contributed by atoms with Crippen molar-refractivity contribution in [1.82, 2.24) is 9.47 Å². The van der Waals surface area contributed by atoms with Crippen molar-refractivity contribution in [2.75, 3.05) is 6.54 Å². The monoisotopic (exact) mass is 483 g/mol. The van der Waals surface area contributed by atoms with Crippen molar-refractivity contribution in [2.24, 2.45) is 0 Å². The van der Waals surface area contributed by atoms with E-state index >= 15 is 0 Å². The van der Waals surface area contributed by atoms with Gasteiger partial charge in [0.05, 0.1) is 28.9 Å². The molecule has 1 fully saturated rings. The molecule has 2 N–H and O–H groups in total. The van der Waals surface area contributed by atoms with Gasteiger partial charge in [0.25, 0.3) is 0 Å². The summed E-state index contributed by atoms with van der Waals surface area (Å²) >= 11 is 0. The lowest BCUT2D eigenvalue weighted by Gasteiger charge is -2.44. The number of hydrogen-bond acceptors (Lipinski definition) is 5. The van der Waals surface area contributed by atoms with Crippen molar-refractivity contribution in [3.63, 3.8) is 0 Å². The molecule has 0 saturated carbocycles. The van der Waals surface area contributed by atoms with Gasteiger partial charge in [0.15, 0.2) is 0 Å². The molecule has 10 heteroatoms. The lowest BCUT2D eigenvalue weighted by atomic mass is 9.76. The Morgan fingerprint density at radius 2 is 1.80 bits per heavy atom. The number of aromatic hydroxyl groups is 2. The fraction of sp³-hybridized carbons (Fsp3) is 0.280. The van der Waals surface area contributed by atoms with Crippen LogP contribution in [0.2, 0.25) is 0 Å². The number of alkyl halides is 3. The van der Waals surface area contributed by atoms with Gasteiger partial charge in [-0.15, -0.1) is 0 Å². The Hall–Kier alpha value is -4.13. The number of fused-ring (bicyclic) bond motifs is 2. The van der Waals surface area contributed by atoms with Crippen LogP contribution in [0.4, 0.5) is 18.0 Å². The van der Waals surface area contributed by atoms with E-state index in [1.807, 2.05) is 30.3 Å². The van der Waals surface area contributed by atoms with E-state index in [4.69, 9.17) is 10.00 Å². The Morgan fingerprint density at radius 3 is 2.49 bits per heavy atom. The Morgan fingerprint density at radius 1 is 1.09 bits per heavy atom. The number of nitrogens with zero attached hydrogens (tertiary/aromatic N) is 3. The van der Waals surface area contributed by atoms with Crippen molar-refractivity contribution < 1.29 is 32.9 Å². The summed E-state index contributed by atoms with van der Waals surface area (Å²) in [5, 5.41) is 31.0. The third-order valence-electron chi connectivity index (χ3n) is 6.65. The van der Waals surface area contributed by atoms with Gasteiger partial charge in [0.1, 0.15) is 6.61 Å². The molecule has 0 radical (unpaired) electrons. The van der Waals surface area contributed by atoms with Gasteiger partial charge in [0.2, 0.25) is 11.8 Å². The van der Waals surface area contributed by atoms with Gasteiger partial charge < -0.3 is 19.8 Å². The smallest absolute Gasteiger partial charge is 0.417 e. The van der Waals surface area contributed by atoms with Crippen LogP contribution in [0, 0.1) is 11.3 Å². The van der Waals surface area contributed by atoms with Crippen molar-refractivity contribution in [2.45, 2.75) is 37.6 Å². The highest BCUT2D eigenvalue weighted by Crippen LogP contribution is 2.55. The molecule has 1 amide bonds. The molecule has 6 rings (SSSR count). The maximum Gasteiger partial charge on any atom is 0.417 e. The van der Waals surface area contributed by atoms with Gasteiger partial charge in [-0.1, -0.05) is 30.3 Å². The molecule has 2 aromatic carbocycles. The normalized spacial score (nSPS) is 18.7. The summed E-state index contributed by atoms with van der Waals surface area (Å²) in [5.74, 6) is -1.13. The Labute approximate surface area is 198 Å². The van der Waals surface area contributed by atoms with Gasteiger partial charge in [-0.25, -0.2) is 4.79 Å². The second-order valence-electron chi connectivity index (χ2n) is 8.63. The van der Waals surface area contributed by atoms with E-state index in [-0.39, 0.29) is 30.6 Å². The summed E-state index contributed by atoms with van der Waals surface area (Å²) in [7, 11) is 0. The van der Waals surface area contributed by atoms with Crippen molar-refractivity contribution >= 4 is 6.09 Å². The molecule has 2 bridgehead atoms. The molecule has 7 nitrogen and oxygen atoms in total. The maximum atomic E-state index is 13.5. The van der Waals surface area contributed by atoms with E-state index in [0.717, 1.165) is 22.3 Å². The summed E-state index contributed by atoms with van der Waals surface area (Å²) in [6.45, 7) is 0.327. The number of halogens is 3. The minimum atomic E-state index is -4.79. The number of piperidine rings is 1. The molecular weight excluding hydrogens is 463 g/mol. The van der Waals surface area contributed by atoms with Gasteiger partial charge in [0, 0.05) is 23.6 Å². The van der Waals surface area contributed by atoms with Crippen molar-refractivity contribution in [3.8, 4) is 23.5 Å². The molecule has 2 aliphatic heterocycles. The van der Waals surface area contributed by atoms with E-state index in [9.17, 15) is 28.2 Å². The Bertz CT molecular complexity index is 1340. The van der Waals surface area contributed by atoms with Crippen LogP contribution in [0.5, 0.6) is 11.8 Å². The lowest BCUT2D eigenvalue weighted by molar-refractivity contribution is -0.137. The second-order valence-corrected chi connectivity index (χ2v) is 8.63. The third kappa shape index (κ3) is 3.73. The van der Waals surface area contributed by atoms with E-state index in [1.165, 1.54) is 17.0 Å². The molecule has 35 heavy (non-hydrogen) atoms. The Balaban J connectivity index is 1.50. The highest BCUT2D eigenvalue weighted by atomic mass is 19.4. The summed E-state index contributed by atoms with van der Waals surface area (Å²) in [4.78, 5) is 14.4. The molecule has 1 saturated heterocycles. The van der Waals surface area contributed by atoms with Gasteiger partial charge in [-0.05, 0) is 36.6 Å². The second kappa shape index (κ2) is 8.27. The summed E-state index contributed by atoms with van der Waals surface area (Å²) in [5.41, 5.74) is -0.333. The molecular formula is C25H20F3N3O4. The molecule has 1 aliphatic carbocycles. The minimum Gasteiger partial charge on any atom is -0.494 e. The van der Waals surface area contributed by atoms with Crippen LogP contribution >= 0.6 is 0 Å². The van der Waals surface area contributed by atoms with Gasteiger partial charge in [-0.3, -0.25) is 4.57 Å². The number of carbonyl (C=O) groups is 1. The fourth-order valence-electron chi connectivity index (χ4n) is 5.07. The van der Waals surface area contributed by atoms with Gasteiger partial charge >= 0.3 is 12.3 Å². The first kappa shape index (κ1) is 22.7. The first-order valence-corrected chi connectivity index (χ1v) is 11.0. The highest BCUT2D eigenvalue weighted by molar-refractivity contribution is 5.71. The zero-order chi connectivity index (χ0) is 24.9. The van der Waals surface area contributed by atoms with Crippen molar-refractivity contribution in [1.29, 1.82) is 5.26 Å². The Kier molecular flexibility index (Phi) is 5.35. The first-order chi connectivity index (χ1) is 16.7. The number of carbonyl (C=O) groups excluding carboxylic acids is 1. The van der Waals surface area contributed by atoms with E-state index < -0.39 is 35.3 Å². The fourth-order valence-corrected chi connectivity index (χ4v) is 5.07. The highest BCUT2D eigenvalue weighted by Gasteiger charge is 2.47. The van der Waals surface area contributed by atoms with Crippen LogP contribution in [0.1, 0.15) is 52.6 Å². The lowest BCUT2D eigenvalue weighted by Crippen LogP contribution is -2.45. The average Bonchev–Trinajstić information content (AvgIpc) is 3.14. The quantitative estimate of drug-likeness (QED) is 0.523. The predicted octanol–water partition coefficient (Wildman–Crippen LogP) is 5.35. The van der Waals surface area contributed by atoms with Crippen LogP contribution in [0.15, 0.2) is 48.5 Å². The molecule has 3 aliphatic rings. The topological polar surface area (TPSA) is 98.7 Å². The van der Waals surface area contributed by atoms with Crippen LogP contribution < -0.4 is 0 Å². The van der Waals surface area contributed by atoms with E-state index in [2.05, 4.69) is 0 Å². The zero-order valence-electron chi connectivity index (χ0n) is 18.3. The van der Waals surface area contributed by atoms with Gasteiger partial charge in [-0.2, -0.15) is 18.4 Å². The number of nitriles is 1. The van der Waals surface area contributed by atoms with Crippen LogP contribution in [-0.2, 0) is 17.5 Å². The number of rotatable bonds is 3. The summed E-state index contributed by atoms with van der Waals surface area (Å²) < 4.78 is 46.8. The van der Waals surface area contributed by atoms with Crippen molar-refractivity contribution in [3.05, 3.63) is 76.3 Å². The van der Waals surface area contributed by atoms with Crippen LogP contribution in [0.3, 0.4) is 0 Å². The largest absolute Gasteiger partial charge is 0.494 e. The number of benzene rings is 2. The SMILES string of the molecule is N#Cc1ccc(-n2c(O)c3c(c2O)C2CCC3CN2C(=O)OCc2ccccc2)cc1C(F)(F)F. The van der Waals surface area contributed by atoms with Crippen LogP contribution in [-0.4, -0.2) is 32.3 Å². The molecule has 1 aromatic heterocycles. The van der Waals surface area contributed by atoms with Crippen LogP contribution in [0.25, 0.3) is 5.69 Å². The number of amides is 1. The third-order valence-corrected chi connectivity index (χ3v) is 6.65. The molecule has 2 unspecified atom stereocenters. The minimum absolute atomic E-state index is 0.0735. The molecule has 3 heterocycles. The maximum absolute atomic E-state index is 13.5. The van der Waals surface area contributed by atoms with E-state index in [1.54, 1.807) is 0 Å². The molecule has 3 aromatic rings. The standard InChI is InChI=1S/C25H20F3N3O4/c26-25(27,28)18-10-17(8-6-15(18)11-29)31-22(32)20-16-7-9-19(21(20)23(31)33)30(12-16)24(34)35-13-14-4-2-1-3-5-14/h1-6,8,10,16,19,32-33H,7,9,12-13H2. The average molecular weight is 483 g/mol. The first-order valence-electron chi connectivity index (χ1n) is 11.0. The van der Waals surface area contributed by atoms with E-state index in [0.29, 0.717) is 24.0 Å². The molecule has 0 spiro atoms. The molecule has 180 valence electrons. The number of aromatic nitrogens is 1.